The first kappa shape index (κ1) is 21.1. The van der Waals surface area contributed by atoms with Gasteiger partial charge in [-0.3, -0.25) is 0 Å². The van der Waals surface area contributed by atoms with Crippen LogP contribution in [0.4, 0.5) is 4.79 Å². The fourth-order valence-corrected chi connectivity index (χ4v) is 6.44. The van der Waals surface area contributed by atoms with Crippen molar-refractivity contribution >= 4 is 27.1 Å². The van der Waals surface area contributed by atoms with Gasteiger partial charge in [-0.05, 0) is 70.1 Å². The van der Waals surface area contributed by atoms with Gasteiger partial charge < -0.3 is 15.0 Å². The Morgan fingerprint density at radius 2 is 1.97 bits per heavy atom. The summed E-state index contributed by atoms with van der Waals surface area (Å²) in [5.74, 6) is 0.331. The van der Waals surface area contributed by atoms with E-state index in [1.54, 1.807) is 31.3 Å². The van der Waals surface area contributed by atoms with Gasteiger partial charge in [0.2, 0.25) is 10.0 Å². The van der Waals surface area contributed by atoms with Crippen molar-refractivity contribution in [3.8, 4) is 0 Å². The summed E-state index contributed by atoms with van der Waals surface area (Å²) in [5, 5.41) is 3.46. The molecule has 1 saturated carbocycles. The number of nitrogens with one attached hydrogen (secondary N) is 2. The number of sulfonamides is 1. The Bertz CT molecular complexity index is 1010. The number of rotatable bonds is 4. The van der Waals surface area contributed by atoms with Crippen molar-refractivity contribution in [1.29, 1.82) is 0 Å². The minimum atomic E-state index is -3.34. The third-order valence-corrected chi connectivity index (χ3v) is 8.29. The highest BCUT2D eigenvalue weighted by molar-refractivity contribution is 7.89. The van der Waals surface area contributed by atoms with Gasteiger partial charge in [0.15, 0.2) is 0 Å². The van der Waals surface area contributed by atoms with Gasteiger partial charge in [0.1, 0.15) is 11.2 Å². The van der Waals surface area contributed by atoms with Gasteiger partial charge in [-0.1, -0.05) is 0 Å². The van der Waals surface area contributed by atoms with E-state index in [4.69, 9.17) is 4.74 Å². The highest BCUT2D eigenvalue weighted by atomic mass is 32.2. The van der Waals surface area contributed by atoms with E-state index in [1.807, 2.05) is 12.3 Å². The molecule has 0 aromatic carbocycles. The van der Waals surface area contributed by atoms with Gasteiger partial charge in [0.25, 0.3) is 0 Å². The lowest BCUT2D eigenvalue weighted by atomic mass is 9.90. The maximum absolute atomic E-state index is 13.0. The summed E-state index contributed by atoms with van der Waals surface area (Å²) in [6.45, 7) is 6.46. The Morgan fingerprint density at radius 1 is 1.27 bits per heavy atom. The maximum Gasteiger partial charge on any atom is 0.407 e. The highest BCUT2D eigenvalue weighted by Gasteiger charge is 2.43. The zero-order valence-corrected chi connectivity index (χ0v) is 18.5. The first-order valence-electron chi connectivity index (χ1n) is 10.5. The molecule has 0 radical (unpaired) electrons. The first-order chi connectivity index (χ1) is 14.1. The van der Waals surface area contributed by atoms with Crippen LogP contribution in [0.5, 0.6) is 0 Å². The molecule has 0 unspecified atom stereocenters. The summed E-state index contributed by atoms with van der Waals surface area (Å²) in [5.41, 5.74) is 1.53. The largest absolute Gasteiger partial charge is 0.444 e. The topological polar surface area (TPSA) is 104 Å². The van der Waals surface area contributed by atoms with E-state index in [1.165, 1.54) is 5.56 Å². The summed E-state index contributed by atoms with van der Waals surface area (Å²) in [6.07, 6.45) is 5.76. The van der Waals surface area contributed by atoms with Crippen LogP contribution in [-0.4, -0.2) is 58.8 Å². The molecule has 0 spiro atoms. The summed E-state index contributed by atoms with van der Waals surface area (Å²) in [6, 6.07) is 3.84. The van der Waals surface area contributed by atoms with Crippen molar-refractivity contribution in [3.63, 3.8) is 0 Å². The average Bonchev–Trinajstić information content (AvgIpc) is 3.07. The fraction of sp³-hybridized carbons (Fsp3) is 0.619. The van der Waals surface area contributed by atoms with E-state index in [0.29, 0.717) is 31.8 Å². The quantitative estimate of drug-likeness (QED) is 0.769. The molecule has 1 amide bonds. The Kier molecular flexibility index (Phi) is 5.52. The molecule has 1 aliphatic heterocycles. The molecule has 8 nitrogen and oxygen atoms in total. The Balaban J connectivity index is 1.30. The van der Waals surface area contributed by atoms with Crippen LogP contribution < -0.4 is 5.32 Å². The Morgan fingerprint density at radius 3 is 2.63 bits per heavy atom. The molecule has 30 heavy (non-hydrogen) atoms. The molecule has 4 rings (SSSR count). The number of aromatic amines is 1. The maximum atomic E-state index is 13.0. The van der Waals surface area contributed by atoms with E-state index in [9.17, 15) is 13.2 Å². The fourth-order valence-electron chi connectivity index (χ4n) is 4.35. The molecule has 1 aliphatic carbocycles. The number of carbonyl (C=O) groups is 1. The minimum absolute atomic E-state index is 0.143. The van der Waals surface area contributed by atoms with Crippen LogP contribution >= 0.6 is 0 Å². The molecule has 2 aromatic heterocycles. The van der Waals surface area contributed by atoms with Crippen LogP contribution in [0.3, 0.4) is 0 Å². The first-order valence-corrected chi connectivity index (χ1v) is 12.0. The normalized spacial score (nSPS) is 23.8. The second kappa shape index (κ2) is 7.85. The number of nitrogens with zero attached hydrogens (tertiary/aromatic N) is 2. The van der Waals surface area contributed by atoms with Crippen LogP contribution in [0.1, 0.15) is 57.9 Å². The molecule has 3 heterocycles. The number of H-pyrrole nitrogens is 1. The van der Waals surface area contributed by atoms with Gasteiger partial charge >= 0.3 is 6.09 Å². The molecule has 0 atom stereocenters. The zero-order valence-electron chi connectivity index (χ0n) is 17.7. The van der Waals surface area contributed by atoms with Gasteiger partial charge in [-0.15, -0.1) is 0 Å². The third-order valence-electron chi connectivity index (χ3n) is 5.97. The third kappa shape index (κ3) is 4.32. The lowest BCUT2D eigenvalue weighted by Crippen LogP contribution is -2.54. The molecule has 9 heteroatoms. The lowest BCUT2D eigenvalue weighted by molar-refractivity contribution is 0.0480. The smallest absolute Gasteiger partial charge is 0.407 e. The summed E-state index contributed by atoms with van der Waals surface area (Å²) in [7, 11) is -3.34. The number of aromatic nitrogens is 2. The molecule has 0 bridgehead atoms. The van der Waals surface area contributed by atoms with Crippen molar-refractivity contribution in [2.75, 3.05) is 13.1 Å². The van der Waals surface area contributed by atoms with Crippen molar-refractivity contribution in [1.82, 2.24) is 19.6 Å². The van der Waals surface area contributed by atoms with E-state index in [0.717, 1.165) is 23.9 Å². The number of fused-ring (bicyclic) bond motifs is 1. The van der Waals surface area contributed by atoms with Gasteiger partial charge in [-0.25, -0.2) is 22.5 Å². The van der Waals surface area contributed by atoms with Gasteiger partial charge in [-0.2, -0.15) is 0 Å². The predicted octanol–water partition coefficient (Wildman–Crippen LogP) is 3.13. The molecule has 1 saturated heterocycles. The Labute approximate surface area is 177 Å². The SMILES string of the molecule is CC(C)(C)OC(=O)NC1CC(S(=O)(=O)N2CCC(c3c[nH]c4ncccc34)CC2)C1. The van der Waals surface area contributed by atoms with E-state index in [2.05, 4.69) is 21.4 Å². The molecular weight excluding hydrogens is 404 g/mol. The second-order valence-electron chi connectivity index (χ2n) is 9.30. The molecule has 2 fully saturated rings. The monoisotopic (exact) mass is 434 g/mol. The van der Waals surface area contributed by atoms with Crippen LogP contribution in [0.25, 0.3) is 11.0 Å². The van der Waals surface area contributed by atoms with Crippen molar-refractivity contribution in [2.24, 2.45) is 0 Å². The minimum Gasteiger partial charge on any atom is -0.444 e. The zero-order chi connectivity index (χ0) is 21.5. The molecule has 2 N–H and O–H groups in total. The van der Waals surface area contributed by atoms with E-state index < -0.39 is 27.0 Å². The number of ether oxygens (including phenoxy) is 1. The van der Waals surface area contributed by atoms with Crippen molar-refractivity contribution in [2.45, 2.75) is 69.3 Å². The van der Waals surface area contributed by atoms with Crippen LogP contribution in [0.15, 0.2) is 24.5 Å². The molecule has 2 aliphatic rings. The number of alkyl carbamates (subject to hydrolysis) is 1. The van der Waals surface area contributed by atoms with Crippen LogP contribution in [-0.2, 0) is 14.8 Å². The Hall–Kier alpha value is -2.13. The number of amides is 1. The summed E-state index contributed by atoms with van der Waals surface area (Å²) < 4.78 is 32.9. The standard InChI is InChI=1S/C21H30N4O4S/c1-21(2,3)29-20(26)24-15-11-16(12-15)30(27,28)25-9-6-14(7-10-25)18-13-23-19-17(18)5-4-8-22-19/h4-5,8,13-16H,6-7,9-12H2,1-3H3,(H,22,23)(H,24,26). The second-order valence-corrected chi connectivity index (χ2v) is 11.5. The lowest BCUT2D eigenvalue weighted by Gasteiger charge is -2.40. The predicted molar refractivity (Wildman–Crippen MR) is 115 cm³/mol. The number of hydrogen-bond donors (Lipinski definition) is 2. The number of hydrogen-bond acceptors (Lipinski definition) is 5. The molecule has 164 valence electrons. The summed E-state index contributed by atoms with van der Waals surface area (Å²) >= 11 is 0. The number of carbonyl (C=O) groups excluding carboxylic acids is 1. The van der Waals surface area contributed by atoms with E-state index in [-0.39, 0.29) is 6.04 Å². The van der Waals surface area contributed by atoms with Crippen molar-refractivity contribution < 1.29 is 17.9 Å². The number of pyridine rings is 1. The van der Waals surface area contributed by atoms with E-state index >= 15 is 0 Å². The van der Waals surface area contributed by atoms with Crippen LogP contribution in [0.2, 0.25) is 0 Å². The molecule has 2 aromatic rings. The van der Waals surface area contributed by atoms with Crippen molar-refractivity contribution in [3.05, 3.63) is 30.1 Å². The number of piperidine rings is 1. The summed E-state index contributed by atoms with van der Waals surface area (Å²) in [4.78, 5) is 19.4. The van der Waals surface area contributed by atoms with Crippen LogP contribution in [0, 0.1) is 0 Å². The molecular formula is C21H30N4O4S. The highest BCUT2D eigenvalue weighted by Crippen LogP contribution is 2.36. The van der Waals surface area contributed by atoms with Gasteiger partial charge in [0.05, 0.1) is 5.25 Å². The van der Waals surface area contributed by atoms with Gasteiger partial charge in [0, 0.05) is 36.9 Å². The average molecular weight is 435 g/mol.